The summed E-state index contributed by atoms with van der Waals surface area (Å²) in [5.74, 6) is 0.806. The fraction of sp³-hybridized carbons (Fsp3) is 1.00. The van der Waals surface area contributed by atoms with Gasteiger partial charge in [-0.1, -0.05) is 12.2 Å². The molecule has 3 unspecified atom stereocenters. The third-order valence-corrected chi connectivity index (χ3v) is 2.35. The number of hydrogen-bond acceptors (Lipinski definition) is 2. The molecule has 11 heavy (non-hydrogen) atoms. The van der Waals surface area contributed by atoms with E-state index in [1.807, 2.05) is 0 Å². The van der Waals surface area contributed by atoms with Crippen LogP contribution in [0.25, 0.3) is 0 Å². The highest BCUT2D eigenvalue weighted by Crippen LogP contribution is 2.34. The van der Waals surface area contributed by atoms with Crippen molar-refractivity contribution in [3.8, 4) is 0 Å². The van der Waals surface area contributed by atoms with E-state index >= 15 is 0 Å². The second kappa shape index (κ2) is 4.12. The van der Waals surface area contributed by atoms with E-state index in [1.54, 1.807) is 14.2 Å². The highest BCUT2D eigenvalue weighted by atomic mass is 16.5. The normalized spacial score (nSPS) is 37.8. The van der Waals surface area contributed by atoms with E-state index in [-0.39, 0.29) is 0 Å². The molecule has 3 atom stereocenters. The number of rotatable bonds is 3. The average Bonchev–Trinajstić information content (AvgIpc) is 2.32. The van der Waals surface area contributed by atoms with Crippen LogP contribution in [-0.2, 0) is 9.47 Å². The summed E-state index contributed by atoms with van der Waals surface area (Å²) in [6.45, 7) is 0.770. The van der Waals surface area contributed by atoms with Crippen LogP contribution >= 0.6 is 0 Å². The minimum absolute atomic E-state index is 0.306. The smallest absolute Gasteiger partial charge is 0.0700 e. The van der Waals surface area contributed by atoms with Gasteiger partial charge in [0.1, 0.15) is 0 Å². The first-order valence-electron chi connectivity index (χ1n) is 4.05. The maximum atomic E-state index is 5.79. The van der Waals surface area contributed by atoms with Crippen molar-refractivity contribution in [3.05, 3.63) is 0 Å². The van der Waals surface area contributed by atoms with Crippen LogP contribution in [-0.4, -0.2) is 34.8 Å². The predicted octanol–water partition coefficient (Wildman–Crippen LogP) is 1.01. The van der Waals surface area contributed by atoms with Crippen LogP contribution in [0.5, 0.6) is 0 Å². The molecule has 3 heteroatoms. The lowest BCUT2D eigenvalue weighted by molar-refractivity contribution is 0.0332. The lowest BCUT2D eigenvalue weighted by Crippen LogP contribution is -2.20. The molecule has 0 N–H and O–H groups in total. The molecule has 0 aliphatic heterocycles. The summed E-state index contributed by atoms with van der Waals surface area (Å²) < 4.78 is 10.4. The molecular weight excluding hydrogens is 139 g/mol. The average molecular weight is 154 g/mol. The van der Waals surface area contributed by atoms with E-state index < -0.39 is 0 Å². The number of hydrogen-bond donors (Lipinski definition) is 0. The van der Waals surface area contributed by atoms with Crippen molar-refractivity contribution in [2.24, 2.45) is 5.92 Å². The monoisotopic (exact) mass is 154 g/mol. The zero-order chi connectivity index (χ0) is 8.27. The van der Waals surface area contributed by atoms with Crippen LogP contribution in [0.2, 0.25) is 5.82 Å². The van der Waals surface area contributed by atoms with E-state index in [1.165, 1.54) is 0 Å². The maximum absolute atomic E-state index is 5.79. The molecule has 62 valence electrons. The van der Waals surface area contributed by atoms with Gasteiger partial charge in [0.15, 0.2) is 0 Å². The third kappa shape index (κ3) is 2.21. The minimum Gasteiger partial charge on any atom is -0.384 e. The second-order valence-corrected chi connectivity index (χ2v) is 3.22. The number of ether oxygens (including phenoxy) is 2. The summed E-state index contributed by atoms with van der Waals surface area (Å²) in [6.07, 6.45) is 2.32. The van der Waals surface area contributed by atoms with Crippen LogP contribution in [0.3, 0.4) is 0 Å². The van der Waals surface area contributed by atoms with Gasteiger partial charge in [0.25, 0.3) is 0 Å². The summed E-state index contributed by atoms with van der Waals surface area (Å²) in [4.78, 5) is 0. The van der Waals surface area contributed by atoms with Crippen molar-refractivity contribution in [1.82, 2.24) is 0 Å². The Morgan fingerprint density at radius 2 is 2.09 bits per heavy atom. The molecule has 0 aromatic heterocycles. The maximum Gasteiger partial charge on any atom is 0.0700 e. The molecule has 1 fully saturated rings. The molecule has 1 rings (SSSR count). The largest absolute Gasteiger partial charge is 0.384 e. The first-order chi connectivity index (χ1) is 5.27. The second-order valence-electron chi connectivity index (χ2n) is 3.22. The van der Waals surface area contributed by atoms with Crippen LogP contribution in [0, 0.1) is 5.92 Å². The molecule has 0 amide bonds. The van der Waals surface area contributed by atoms with E-state index in [2.05, 4.69) is 0 Å². The van der Waals surface area contributed by atoms with Crippen LogP contribution < -0.4 is 0 Å². The SMILES string of the molecule is [B]C1CC(COC)C(OC)C1. The molecule has 0 aromatic carbocycles. The lowest BCUT2D eigenvalue weighted by atomic mass is 9.85. The summed E-state index contributed by atoms with van der Waals surface area (Å²) in [5, 5.41) is 0. The van der Waals surface area contributed by atoms with Crippen LogP contribution in [0.1, 0.15) is 12.8 Å². The Morgan fingerprint density at radius 3 is 2.64 bits per heavy atom. The molecule has 2 radical (unpaired) electrons. The van der Waals surface area contributed by atoms with Gasteiger partial charge < -0.3 is 9.47 Å². The van der Waals surface area contributed by atoms with Crippen molar-refractivity contribution in [1.29, 1.82) is 0 Å². The molecular formula is C8H15BO2. The third-order valence-electron chi connectivity index (χ3n) is 2.35. The Balaban J connectivity index is 2.37. The zero-order valence-corrected chi connectivity index (χ0v) is 7.25. The standard InChI is InChI=1S/C8H15BO2/c1-10-5-6-3-7(9)4-8(6)11-2/h6-8H,3-5H2,1-2H3. The van der Waals surface area contributed by atoms with Crippen molar-refractivity contribution in [2.75, 3.05) is 20.8 Å². The van der Waals surface area contributed by atoms with E-state index in [9.17, 15) is 0 Å². The zero-order valence-electron chi connectivity index (χ0n) is 7.25. The summed E-state index contributed by atoms with van der Waals surface area (Å²) in [6, 6.07) is 0. The van der Waals surface area contributed by atoms with Gasteiger partial charge >= 0.3 is 0 Å². The fourth-order valence-electron chi connectivity index (χ4n) is 1.81. The van der Waals surface area contributed by atoms with Gasteiger partial charge in [0, 0.05) is 20.1 Å². The van der Waals surface area contributed by atoms with Crippen LogP contribution in [0.15, 0.2) is 0 Å². The van der Waals surface area contributed by atoms with Gasteiger partial charge in [-0.05, 0) is 6.42 Å². The molecule has 1 saturated carbocycles. The first kappa shape index (κ1) is 9.08. The highest BCUT2D eigenvalue weighted by Gasteiger charge is 2.31. The minimum atomic E-state index is 0.306. The van der Waals surface area contributed by atoms with Gasteiger partial charge in [-0.15, -0.1) is 0 Å². The molecule has 2 nitrogen and oxygen atoms in total. The van der Waals surface area contributed by atoms with Gasteiger partial charge in [-0.2, -0.15) is 0 Å². The molecule has 1 aliphatic carbocycles. The highest BCUT2D eigenvalue weighted by molar-refractivity contribution is 6.11. The Hall–Kier alpha value is -0.0151. The van der Waals surface area contributed by atoms with Gasteiger partial charge in [-0.25, -0.2) is 0 Å². The Kier molecular flexibility index (Phi) is 3.40. The Labute approximate surface area is 69.7 Å². The fourth-order valence-corrected chi connectivity index (χ4v) is 1.81. The lowest BCUT2D eigenvalue weighted by Gasteiger charge is -2.16. The first-order valence-corrected chi connectivity index (χ1v) is 4.05. The molecule has 0 aromatic rings. The van der Waals surface area contributed by atoms with Gasteiger partial charge in [0.05, 0.1) is 20.6 Å². The molecule has 0 saturated heterocycles. The quantitative estimate of drug-likeness (QED) is 0.565. The number of methoxy groups -OCH3 is 2. The van der Waals surface area contributed by atoms with Gasteiger partial charge in [-0.3, -0.25) is 0 Å². The van der Waals surface area contributed by atoms with E-state index in [0.717, 1.165) is 19.4 Å². The molecule has 0 spiro atoms. The van der Waals surface area contributed by atoms with Gasteiger partial charge in [0.2, 0.25) is 0 Å². The molecule has 0 bridgehead atoms. The van der Waals surface area contributed by atoms with E-state index in [4.69, 9.17) is 17.3 Å². The van der Waals surface area contributed by atoms with Crippen molar-refractivity contribution in [3.63, 3.8) is 0 Å². The molecule has 1 aliphatic rings. The van der Waals surface area contributed by atoms with E-state index in [0.29, 0.717) is 17.8 Å². The summed E-state index contributed by atoms with van der Waals surface area (Å²) in [5.41, 5.74) is 0. The van der Waals surface area contributed by atoms with Crippen LogP contribution in [0.4, 0.5) is 0 Å². The van der Waals surface area contributed by atoms with Crippen molar-refractivity contribution >= 4 is 7.85 Å². The Morgan fingerprint density at radius 1 is 1.36 bits per heavy atom. The van der Waals surface area contributed by atoms with Crippen molar-refractivity contribution < 1.29 is 9.47 Å². The summed E-state index contributed by atoms with van der Waals surface area (Å²) >= 11 is 0. The van der Waals surface area contributed by atoms with Crippen molar-refractivity contribution in [2.45, 2.75) is 24.8 Å². The topological polar surface area (TPSA) is 18.5 Å². The summed E-state index contributed by atoms with van der Waals surface area (Å²) in [7, 11) is 9.25. The molecule has 0 heterocycles. The Bertz CT molecular complexity index is 119. The predicted molar refractivity (Wildman–Crippen MR) is 44.9 cm³/mol.